The number of aromatic nitrogens is 2. The summed E-state index contributed by atoms with van der Waals surface area (Å²) >= 11 is 0. The maximum absolute atomic E-state index is 13.7. The van der Waals surface area contributed by atoms with E-state index in [1.165, 1.54) is 23.8 Å². The summed E-state index contributed by atoms with van der Waals surface area (Å²) in [4.78, 5) is 28.1. The quantitative estimate of drug-likeness (QED) is 0.553. The molecule has 1 fully saturated rings. The average molecular weight is 485 g/mol. The van der Waals surface area contributed by atoms with Crippen LogP contribution in [0.4, 0.5) is 20.5 Å². The van der Waals surface area contributed by atoms with Crippen molar-refractivity contribution in [3.05, 3.63) is 58.4 Å². The fourth-order valence-corrected chi connectivity index (χ4v) is 4.46. The van der Waals surface area contributed by atoms with Crippen LogP contribution in [0.25, 0.3) is 0 Å². The van der Waals surface area contributed by atoms with E-state index in [-0.39, 0.29) is 24.9 Å². The molecular formula is C25H30F2N6O2. The summed E-state index contributed by atoms with van der Waals surface area (Å²) in [6.45, 7) is 2.20. The topological polar surface area (TPSA) is 106 Å². The lowest BCUT2D eigenvalue weighted by molar-refractivity contribution is -0.132. The molecule has 0 spiro atoms. The van der Waals surface area contributed by atoms with Crippen molar-refractivity contribution in [1.29, 1.82) is 0 Å². The summed E-state index contributed by atoms with van der Waals surface area (Å²) in [6, 6.07) is 3.60. The number of hydrogen-bond donors (Lipinski definition) is 2. The van der Waals surface area contributed by atoms with Crippen molar-refractivity contribution in [1.82, 2.24) is 14.9 Å². The number of amides is 1. The van der Waals surface area contributed by atoms with Crippen LogP contribution >= 0.6 is 0 Å². The molecule has 1 amide bonds. The Hall–Kier alpha value is -3.40. The number of ether oxygens (including phenoxy) is 1. The molecule has 1 aromatic heterocycles. The number of rotatable bonds is 8. The van der Waals surface area contributed by atoms with E-state index in [4.69, 9.17) is 10.5 Å². The van der Waals surface area contributed by atoms with Crippen LogP contribution in [0.1, 0.15) is 43.2 Å². The molecule has 10 heteroatoms. The fraction of sp³-hybridized carbons (Fsp3) is 0.440. The van der Waals surface area contributed by atoms with Gasteiger partial charge in [-0.3, -0.25) is 4.79 Å². The minimum atomic E-state index is -0.964. The molecule has 3 N–H and O–H groups in total. The van der Waals surface area contributed by atoms with Gasteiger partial charge >= 0.3 is 0 Å². The van der Waals surface area contributed by atoms with Gasteiger partial charge in [-0.25, -0.2) is 18.8 Å². The van der Waals surface area contributed by atoms with Crippen LogP contribution < -0.4 is 11.1 Å². The third-order valence-corrected chi connectivity index (χ3v) is 6.41. The Bertz CT molecular complexity index is 1150. The molecular weight excluding hydrogens is 454 g/mol. The van der Waals surface area contributed by atoms with E-state index in [1.54, 1.807) is 19.5 Å². The first kappa shape index (κ1) is 24.7. The van der Waals surface area contributed by atoms with Crippen molar-refractivity contribution in [2.75, 3.05) is 19.0 Å². The predicted octanol–water partition coefficient (Wildman–Crippen LogP) is 3.78. The molecule has 1 aliphatic carbocycles. The number of benzene rings is 1. The predicted molar refractivity (Wildman–Crippen MR) is 129 cm³/mol. The molecule has 1 aromatic carbocycles. The Morgan fingerprint density at radius 2 is 2.06 bits per heavy atom. The summed E-state index contributed by atoms with van der Waals surface area (Å²) in [5.41, 5.74) is 8.08. The van der Waals surface area contributed by atoms with Gasteiger partial charge in [0.2, 0.25) is 5.95 Å². The minimum Gasteiger partial charge on any atom is -0.394 e. The third kappa shape index (κ3) is 5.82. The molecule has 2 heterocycles. The maximum Gasteiger partial charge on any atom is 0.270 e. The van der Waals surface area contributed by atoms with E-state index in [0.717, 1.165) is 30.5 Å². The van der Waals surface area contributed by atoms with E-state index in [1.807, 2.05) is 6.92 Å². The Morgan fingerprint density at radius 3 is 2.77 bits per heavy atom. The smallest absolute Gasteiger partial charge is 0.270 e. The first-order valence-electron chi connectivity index (χ1n) is 11.7. The molecule has 1 atom stereocenters. The number of nitrogens with one attached hydrogen (secondary N) is 1. The largest absolute Gasteiger partial charge is 0.394 e. The van der Waals surface area contributed by atoms with Gasteiger partial charge in [-0.2, -0.15) is 4.98 Å². The molecule has 186 valence electrons. The highest BCUT2D eigenvalue weighted by Gasteiger charge is 2.33. The van der Waals surface area contributed by atoms with Crippen LogP contribution in [0.2, 0.25) is 0 Å². The molecule has 4 rings (SSSR count). The first-order valence-corrected chi connectivity index (χ1v) is 11.7. The van der Waals surface area contributed by atoms with E-state index in [9.17, 15) is 13.6 Å². The van der Waals surface area contributed by atoms with Gasteiger partial charge < -0.3 is 20.7 Å². The van der Waals surface area contributed by atoms with Crippen molar-refractivity contribution in [2.24, 2.45) is 10.7 Å². The summed E-state index contributed by atoms with van der Waals surface area (Å²) in [5.74, 6) is -1.28. The lowest BCUT2D eigenvalue weighted by Gasteiger charge is -2.36. The van der Waals surface area contributed by atoms with Crippen molar-refractivity contribution >= 4 is 23.9 Å². The molecule has 2 aliphatic rings. The standard InChI is InChI=1S/C25H30F2N6O2/c1-15-11-30-25(31-18-5-3-4-6-18)32-23(15)29-12-17-10-19(14-35-2)33(24(34)22(17)28)13-16-7-8-20(26)21(27)9-16/h7-9,11-12,18-19H,3-6,10,13-14,28H2,1-2H3,(H,30,31,32)/t19-/m1/s1. The maximum atomic E-state index is 13.7. The van der Waals surface area contributed by atoms with E-state index < -0.39 is 17.5 Å². The second-order valence-corrected chi connectivity index (χ2v) is 9.02. The first-order chi connectivity index (χ1) is 16.9. The fourth-order valence-electron chi connectivity index (χ4n) is 4.46. The van der Waals surface area contributed by atoms with Gasteiger partial charge in [0.15, 0.2) is 17.5 Å². The molecule has 35 heavy (non-hydrogen) atoms. The number of halogens is 2. The molecule has 1 aliphatic heterocycles. The molecule has 0 saturated heterocycles. The van der Waals surface area contributed by atoms with Gasteiger partial charge in [-0.15, -0.1) is 0 Å². The normalized spacial score (nSPS) is 19.3. The van der Waals surface area contributed by atoms with Crippen LogP contribution in [0.5, 0.6) is 0 Å². The second-order valence-electron chi connectivity index (χ2n) is 9.02. The highest BCUT2D eigenvalue weighted by molar-refractivity contribution is 6.01. The molecule has 0 radical (unpaired) electrons. The second kappa shape index (κ2) is 10.9. The Morgan fingerprint density at radius 1 is 1.29 bits per heavy atom. The summed E-state index contributed by atoms with van der Waals surface area (Å²) in [7, 11) is 1.54. The van der Waals surface area contributed by atoms with Gasteiger partial charge in [-0.1, -0.05) is 18.9 Å². The summed E-state index contributed by atoms with van der Waals surface area (Å²) < 4.78 is 32.3. The van der Waals surface area contributed by atoms with Gasteiger partial charge in [0, 0.05) is 43.2 Å². The highest BCUT2D eigenvalue weighted by atomic mass is 19.2. The molecule has 0 bridgehead atoms. The van der Waals surface area contributed by atoms with E-state index in [0.29, 0.717) is 35.4 Å². The Balaban J connectivity index is 1.54. The van der Waals surface area contributed by atoms with Crippen LogP contribution in [0, 0.1) is 18.6 Å². The molecule has 1 saturated carbocycles. The van der Waals surface area contributed by atoms with Crippen LogP contribution in [0.15, 0.2) is 40.7 Å². The van der Waals surface area contributed by atoms with Gasteiger partial charge in [0.1, 0.15) is 5.70 Å². The monoisotopic (exact) mass is 484 g/mol. The Kier molecular flexibility index (Phi) is 7.70. The van der Waals surface area contributed by atoms with E-state index >= 15 is 0 Å². The SMILES string of the molecule is COC[C@H]1CC(C=Nc2nc(NC3CCCC3)ncc2C)=C(N)C(=O)N1Cc1ccc(F)c(F)c1. The number of nitrogens with zero attached hydrogens (tertiary/aromatic N) is 4. The van der Waals surface area contributed by atoms with Gasteiger partial charge in [-0.05, 0) is 43.9 Å². The van der Waals surface area contributed by atoms with Crippen molar-refractivity contribution < 1.29 is 18.3 Å². The number of anilines is 1. The van der Waals surface area contributed by atoms with Crippen molar-refractivity contribution in [3.8, 4) is 0 Å². The number of carbonyl (C=O) groups is 1. The summed E-state index contributed by atoms with van der Waals surface area (Å²) in [5, 5.41) is 3.36. The number of aryl methyl sites for hydroxylation is 1. The molecule has 0 unspecified atom stereocenters. The van der Waals surface area contributed by atoms with Crippen molar-refractivity contribution in [3.63, 3.8) is 0 Å². The number of methoxy groups -OCH3 is 1. The summed E-state index contributed by atoms with van der Waals surface area (Å²) in [6.07, 6.45) is 8.29. The average Bonchev–Trinajstić information content (AvgIpc) is 3.35. The van der Waals surface area contributed by atoms with E-state index in [2.05, 4.69) is 20.3 Å². The number of hydrogen-bond acceptors (Lipinski definition) is 7. The van der Waals surface area contributed by atoms with Crippen molar-refractivity contribution in [2.45, 2.75) is 57.7 Å². The van der Waals surface area contributed by atoms with Gasteiger partial charge in [0.05, 0.1) is 12.6 Å². The van der Waals surface area contributed by atoms with Crippen LogP contribution in [-0.2, 0) is 16.1 Å². The Labute approximate surface area is 203 Å². The zero-order valence-electron chi connectivity index (χ0n) is 19.9. The number of aliphatic imine (C=N–C) groups is 1. The minimum absolute atomic E-state index is 0.0553. The lowest BCUT2D eigenvalue weighted by Crippen LogP contribution is -2.48. The van der Waals surface area contributed by atoms with Gasteiger partial charge in [0.25, 0.3) is 5.91 Å². The zero-order valence-corrected chi connectivity index (χ0v) is 19.9. The number of carbonyl (C=O) groups excluding carboxylic acids is 1. The van der Waals surface area contributed by atoms with Crippen LogP contribution in [-0.4, -0.2) is 52.8 Å². The zero-order chi connectivity index (χ0) is 24.9. The van der Waals surface area contributed by atoms with Crippen LogP contribution in [0.3, 0.4) is 0 Å². The highest BCUT2D eigenvalue weighted by Crippen LogP contribution is 2.26. The lowest BCUT2D eigenvalue weighted by atomic mass is 9.97. The molecule has 8 nitrogen and oxygen atoms in total. The number of nitrogens with two attached hydrogens (primary N) is 1. The molecule has 2 aromatic rings. The third-order valence-electron chi connectivity index (χ3n) is 6.41.